The van der Waals surface area contributed by atoms with E-state index in [4.69, 9.17) is 4.74 Å². The van der Waals surface area contributed by atoms with E-state index in [9.17, 15) is 0 Å². The van der Waals surface area contributed by atoms with Gasteiger partial charge in [-0.25, -0.2) is 0 Å². The summed E-state index contributed by atoms with van der Waals surface area (Å²) in [6, 6.07) is 9.08. The van der Waals surface area contributed by atoms with Gasteiger partial charge in [-0.2, -0.15) is 0 Å². The Bertz CT molecular complexity index is 383. The summed E-state index contributed by atoms with van der Waals surface area (Å²) in [4.78, 5) is 0. The van der Waals surface area contributed by atoms with Crippen LogP contribution in [0.3, 0.4) is 0 Å². The molecule has 3 heteroatoms. The zero-order chi connectivity index (χ0) is 12.3. The third kappa shape index (κ3) is 2.71. The van der Waals surface area contributed by atoms with Crippen LogP contribution < -0.4 is 5.32 Å². The average molecular weight is 270 g/mol. The van der Waals surface area contributed by atoms with Crippen molar-refractivity contribution in [1.29, 1.82) is 0 Å². The molecule has 1 aliphatic rings. The Labute approximate surface area is 117 Å². The highest BCUT2D eigenvalue weighted by molar-refractivity contribution is 5.85. The molecule has 2 rings (SSSR count). The first kappa shape index (κ1) is 15.5. The number of aryl methyl sites for hydroxylation is 1. The van der Waals surface area contributed by atoms with Crippen molar-refractivity contribution in [3.05, 3.63) is 35.4 Å². The second-order valence-electron chi connectivity index (χ2n) is 5.01. The summed E-state index contributed by atoms with van der Waals surface area (Å²) in [5.41, 5.74) is 2.60. The van der Waals surface area contributed by atoms with E-state index in [1.165, 1.54) is 11.1 Å². The first-order valence-corrected chi connectivity index (χ1v) is 6.59. The van der Waals surface area contributed by atoms with Gasteiger partial charge in [0.2, 0.25) is 0 Å². The average Bonchev–Trinajstić information content (AvgIpc) is 2.38. The van der Waals surface area contributed by atoms with Crippen LogP contribution in [0, 0.1) is 0 Å². The van der Waals surface area contributed by atoms with Crippen LogP contribution in [0.1, 0.15) is 37.8 Å². The van der Waals surface area contributed by atoms with Gasteiger partial charge in [0.25, 0.3) is 0 Å². The Hall–Kier alpha value is -0.570. The highest BCUT2D eigenvalue weighted by atomic mass is 35.5. The van der Waals surface area contributed by atoms with Crippen molar-refractivity contribution in [2.24, 2.45) is 0 Å². The minimum absolute atomic E-state index is 0. The minimum Gasteiger partial charge on any atom is -0.372 e. The highest BCUT2D eigenvalue weighted by Gasteiger charge is 2.39. The number of rotatable bonds is 4. The standard InChI is InChI=1S/C15H23NO.ClH/c1-4-11-16-14-10-9-12-7-5-6-8-13(12)15(14,2)17-3;/h5-8,14,16H,4,9-11H2,1-3H3;1H/t14-,15+;/m1./s1. The maximum absolute atomic E-state index is 5.85. The van der Waals surface area contributed by atoms with Crippen LogP contribution in [-0.4, -0.2) is 19.7 Å². The molecule has 2 atom stereocenters. The van der Waals surface area contributed by atoms with Crippen molar-refractivity contribution < 1.29 is 4.74 Å². The monoisotopic (exact) mass is 269 g/mol. The fraction of sp³-hybridized carbons (Fsp3) is 0.600. The van der Waals surface area contributed by atoms with Crippen LogP contribution >= 0.6 is 12.4 Å². The Morgan fingerprint density at radius 3 is 2.78 bits per heavy atom. The van der Waals surface area contributed by atoms with Gasteiger partial charge in [0.15, 0.2) is 0 Å². The molecule has 0 saturated heterocycles. The summed E-state index contributed by atoms with van der Waals surface area (Å²) in [5.74, 6) is 0. The van der Waals surface area contributed by atoms with Crippen LogP contribution in [0.2, 0.25) is 0 Å². The Morgan fingerprint density at radius 2 is 2.11 bits per heavy atom. The molecule has 0 saturated carbocycles. The van der Waals surface area contributed by atoms with Gasteiger partial charge >= 0.3 is 0 Å². The zero-order valence-corrected chi connectivity index (χ0v) is 12.3. The van der Waals surface area contributed by atoms with Crippen molar-refractivity contribution >= 4 is 12.4 Å². The van der Waals surface area contributed by atoms with Crippen LogP contribution in [0.5, 0.6) is 0 Å². The maximum atomic E-state index is 5.85. The van der Waals surface area contributed by atoms with Gasteiger partial charge in [-0.15, -0.1) is 12.4 Å². The highest BCUT2D eigenvalue weighted by Crippen LogP contribution is 2.37. The molecule has 0 heterocycles. The SMILES string of the molecule is CCCN[C@@H]1CCc2ccccc2[C@]1(C)OC.Cl. The number of hydrogen-bond donors (Lipinski definition) is 1. The second-order valence-corrected chi connectivity index (χ2v) is 5.01. The topological polar surface area (TPSA) is 21.3 Å². The number of methoxy groups -OCH3 is 1. The van der Waals surface area contributed by atoms with Crippen LogP contribution in [0.4, 0.5) is 0 Å². The van der Waals surface area contributed by atoms with Crippen LogP contribution in [0.15, 0.2) is 24.3 Å². The van der Waals surface area contributed by atoms with Gasteiger partial charge < -0.3 is 10.1 Å². The number of fused-ring (bicyclic) bond motifs is 1. The fourth-order valence-corrected chi connectivity index (χ4v) is 2.85. The molecular formula is C15H24ClNO. The number of hydrogen-bond acceptors (Lipinski definition) is 2. The molecular weight excluding hydrogens is 246 g/mol. The largest absolute Gasteiger partial charge is 0.372 e. The van der Waals surface area contributed by atoms with E-state index in [1.54, 1.807) is 0 Å². The summed E-state index contributed by atoms with van der Waals surface area (Å²) in [6.07, 6.45) is 3.47. The fourth-order valence-electron chi connectivity index (χ4n) is 2.85. The van der Waals surface area contributed by atoms with Crippen molar-refractivity contribution in [2.45, 2.75) is 44.8 Å². The normalized spacial score (nSPS) is 26.3. The maximum Gasteiger partial charge on any atom is 0.105 e. The van der Waals surface area contributed by atoms with Crippen molar-refractivity contribution in [2.75, 3.05) is 13.7 Å². The molecule has 18 heavy (non-hydrogen) atoms. The lowest BCUT2D eigenvalue weighted by Crippen LogP contribution is -2.51. The van der Waals surface area contributed by atoms with Gasteiger partial charge in [0.1, 0.15) is 5.60 Å². The lowest BCUT2D eigenvalue weighted by Gasteiger charge is -2.42. The lowest BCUT2D eigenvalue weighted by molar-refractivity contribution is -0.0390. The van der Waals surface area contributed by atoms with Crippen molar-refractivity contribution in [1.82, 2.24) is 5.32 Å². The van der Waals surface area contributed by atoms with Gasteiger partial charge in [-0.05, 0) is 43.9 Å². The van der Waals surface area contributed by atoms with Gasteiger partial charge in [0, 0.05) is 13.2 Å². The molecule has 1 aromatic rings. The van der Waals surface area contributed by atoms with E-state index < -0.39 is 0 Å². The molecule has 0 unspecified atom stereocenters. The van der Waals surface area contributed by atoms with Crippen molar-refractivity contribution in [3.8, 4) is 0 Å². The predicted molar refractivity (Wildman–Crippen MR) is 78.5 cm³/mol. The predicted octanol–water partition coefficient (Wildman–Crippen LogP) is 3.28. The summed E-state index contributed by atoms with van der Waals surface area (Å²) >= 11 is 0. The molecule has 0 fully saturated rings. The molecule has 2 nitrogen and oxygen atoms in total. The smallest absolute Gasteiger partial charge is 0.105 e. The Balaban J connectivity index is 0.00000162. The van der Waals surface area contributed by atoms with E-state index in [1.807, 2.05) is 7.11 Å². The summed E-state index contributed by atoms with van der Waals surface area (Å²) in [7, 11) is 1.82. The third-order valence-electron chi connectivity index (χ3n) is 3.98. The van der Waals surface area contributed by atoms with Crippen molar-refractivity contribution in [3.63, 3.8) is 0 Å². The first-order valence-electron chi connectivity index (χ1n) is 6.59. The van der Waals surface area contributed by atoms with Gasteiger partial charge in [-0.3, -0.25) is 0 Å². The third-order valence-corrected chi connectivity index (χ3v) is 3.98. The van der Waals surface area contributed by atoms with Gasteiger partial charge in [-0.1, -0.05) is 31.2 Å². The van der Waals surface area contributed by atoms with E-state index in [-0.39, 0.29) is 18.0 Å². The molecule has 1 aromatic carbocycles. The van der Waals surface area contributed by atoms with E-state index in [2.05, 4.69) is 43.4 Å². The quantitative estimate of drug-likeness (QED) is 0.906. The Morgan fingerprint density at radius 1 is 1.39 bits per heavy atom. The molecule has 1 N–H and O–H groups in total. The first-order chi connectivity index (χ1) is 8.22. The Kier molecular flexibility index (Phi) is 5.64. The number of nitrogens with one attached hydrogen (secondary N) is 1. The van der Waals surface area contributed by atoms with Gasteiger partial charge in [0.05, 0.1) is 0 Å². The summed E-state index contributed by atoms with van der Waals surface area (Å²) < 4.78 is 5.85. The number of ether oxygens (including phenoxy) is 1. The molecule has 0 aromatic heterocycles. The summed E-state index contributed by atoms with van der Waals surface area (Å²) in [6.45, 7) is 5.47. The second kappa shape index (κ2) is 6.55. The van der Waals surface area contributed by atoms with Crippen LogP contribution in [-0.2, 0) is 16.8 Å². The zero-order valence-electron chi connectivity index (χ0n) is 11.5. The van der Waals surface area contributed by atoms with E-state index in [0.29, 0.717) is 6.04 Å². The number of halogens is 1. The van der Waals surface area contributed by atoms with E-state index in [0.717, 1.165) is 25.8 Å². The summed E-state index contributed by atoms with van der Waals surface area (Å²) in [5, 5.41) is 3.63. The van der Waals surface area contributed by atoms with E-state index >= 15 is 0 Å². The molecule has 0 aliphatic heterocycles. The molecule has 0 bridgehead atoms. The molecule has 0 radical (unpaired) electrons. The molecule has 1 aliphatic carbocycles. The number of benzene rings is 1. The molecule has 0 spiro atoms. The molecule has 0 amide bonds. The minimum atomic E-state index is -0.190. The molecule has 102 valence electrons. The lowest BCUT2D eigenvalue weighted by atomic mass is 9.76. The van der Waals surface area contributed by atoms with Crippen LogP contribution in [0.25, 0.3) is 0 Å².